The molecule has 332 valence electrons. The largest absolute Gasteiger partial charge is 0.494 e. The summed E-state index contributed by atoms with van der Waals surface area (Å²) in [5.41, 5.74) is 4.70. The number of amides is 3. The molecule has 3 amide bonds. The lowest BCUT2D eigenvalue weighted by Crippen LogP contribution is -2.56. The van der Waals surface area contributed by atoms with Gasteiger partial charge in [-0.1, -0.05) is 35.9 Å². The van der Waals surface area contributed by atoms with Gasteiger partial charge in [0.05, 0.1) is 42.5 Å². The summed E-state index contributed by atoms with van der Waals surface area (Å²) in [7, 11) is -1.84. The van der Waals surface area contributed by atoms with Crippen LogP contribution in [-0.4, -0.2) is 117 Å². The number of halogens is 1. The molecule has 4 aliphatic heterocycles. The Balaban J connectivity index is 0.739. The first kappa shape index (κ1) is 42.6. The van der Waals surface area contributed by atoms with Crippen LogP contribution in [0.4, 0.5) is 34.5 Å². The minimum absolute atomic E-state index is 0.0349. The van der Waals surface area contributed by atoms with Gasteiger partial charge in [-0.3, -0.25) is 28.9 Å². The average Bonchev–Trinajstić information content (AvgIpc) is 3.73. The van der Waals surface area contributed by atoms with Gasteiger partial charge in [0.15, 0.2) is 5.82 Å². The standard InChI is InChI=1S/C45H52ClN9O7S/c1-61-39-26-32(9-11-37(39)49-45-47-27-36(46)42(51-45)48-38-8-4-5-28-13-18-55(41(28)38)63(2,59)60)52-16-14-31(15-17-52)53-19-21-54(22-20-53)44(58)30-24-34(25-30)62-33-7-3-6-29(23-33)35-10-12-40(56)50-43(35)57/h3-9,11,23,26-27,30-31,34-35H,10,12-22,24-25H2,1-2H3,(H,50,56,57)(H2,47,48,49,51). The molecule has 9 rings (SSSR count). The van der Waals surface area contributed by atoms with Gasteiger partial charge >= 0.3 is 0 Å². The quantitative estimate of drug-likeness (QED) is 0.153. The highest BCUT2D eigenvalue weighted by atomic mass is 35.5. The summed E-state index contributed by atoms with van der Waals surface area (Å²) in [4.78, 5) is 53.4. The predicted molar refractivity (Wildman–Crippen MR) is 241 cm³/mol. The molecular weight excluding hydrogens is 846 g/mol. The van der Waals surface area contributed by atoms with Crippen molar-refractivity contribution in [1.82, 2.24) is 25.1 Å². The number of fused-ring (bicyclic) bond motifs is 1. The first-order chi connectivity index (χ1) is 30.4. The molecule has 0 radical (unpaired) electrons. The van der Waals surface area contributed by atoms with Gasteiger partial charge in [-0.15, -0.1) is 0 Å². The second kappa shape index (κ2) is 17.8. The maximum Gasteiger partial charge on any atom is 0.234 e. The zero-order valence-corrected chi connectivity index (χ0v) is 37.0. The molecule has 3 aromatic carbocycles. The fraction of sp³-hybridized carbons (Fsp3) is 0.444. The molecule has 16 nitrogen and oxygen atoms in total. The molecule has 1 atom stereocenters. The van der Waals surface area contributed by atoms with Crippen LogP contribution in [0.3, 0.4) is 0 Å². The Kier molecular flexibility index (Phi) is 12.1. The van der Waals surface area contributed by atoms with Gasteiger partial charge in [-0.2, -0.15) is 4.98 Å². The number of imide groups is 1. The SMILES string of the molecule is COc1cc(N2CCC(N3CCN(C(=O)C4CC(Oc5cccc(C6CCC(=O)NC6=O)c5)C4)CC3)CC2)ccc1Nc1ncc(Cl)c(Nc2cccc3c2N(S(C)(=O)=O)CC3)n1. The van der Waals surface area contributed by atoms with E-state index >= 15 is 0 Å². The predicted octanol–water partition coefficient (Wildman–Crippen LogP) is 5.44. The van der Waals surface area contributed by atoms with Crippen LogP contribution in [0.15, 0.2) is 66.9 Å². The maximum atomic E-state index is 13.5. The van der Waals surface area contributed by atoms with Crippen molar-refractivity contribution in [2.24, 2.45) is 5.92 Å². The van der Waals surface area contributed by atoms with Crippen molar-refractivity contribution in [2.75, 3.05) is 79.0 Å². The van der Waals surface area contributed by atoms with Crippen molar-refractivity contribution in [3.63, 3.8) is 0 Å². The number of para-hydroxylation sites is 1. The number of anilines is 6. The Morgan fingerprint density at radius 3 is 2.41 bits per heavy atom. The lowest BCUT2D eigenvalue weighted by atomic mass is 9.81. The number of benzene rings is 3. The summed E-state index contributed by atoms with van der Waals surface area (Å²) in [5, 5.41) is 9.21. The summed E-state index contributed by atoms with van der Waals surface area (Å²) >= 11 is 6.53. The molecule has 3 N–H and O–H groups in total. The molecule has 5 heterocycles. The smallest absolute Gasteiger partial charge is 0.234 e. The molecule has 4 aromatic rings. The van der Waals surface area contributed by atoms with Gasteiger partial charge in [0, 0.05) is 75.9 Å². The number of nitrogens with one attached hydrogen (secondary N) is 3. The number of carbonyl (C=O) groups is 3. The summed E-state index contributed by atoms with van der Waals surface area (Å²) in [6.07, 6.45) is 7.50. The monoisotopic (exact) mass is 897 g/mol. The molecule has 63 heavy (non-hydrogen) atoms. The Labute approximate surface area is 372 Å². The lowest BCUT2D eigenvalue weighted by molar-refractivity contribution is -0.143. The van der Waals surface area contributed by atoms with E-state index < -0.39 is 10.0 Å². The second-order valence-electron chi connectivity index (χ2n) is 17.0. The lowest BCUT2D eigenvalue weighted by Gasteiger charge is -2.45. The number of hydrogen-bond donors (Lipinski definition) is 3. The fourth-order valence-electron chi connectivity index (χ4n) is 9.52. The van der Waals surface area contributed by atoms with Gasteiger partial charge in [-0.25, -0.2) is 13.4 Å². The van der Waals surface area contributed by atoms with Crippen LogP contribution < -0.4 is 34.6 Å². The Bertz CT molecular complexity index is 2510. The number of rotatable bonds is 12. The summed E-state index contributed by atoms with van der Waals surface area (Å²) in [5.74, 6) is 1.27. The zero-order chi connectivity index (χ0) is 43.8. The molecule has 1 saturated carbocycles. The van der Waals surface area contributed by atoms with E-state index in [1.807, 2.05) is 59.5 Å². The van der Waals surface area contributed by atoms with Crippen LogP contribution in [0.2, 0.25) is 5.02 Å². The van der Waals surface area contributed by atoms with Gasteiger partial charge < -0.3 is 29.9 Å². The van der Waals surface area contributed by atoms with Crippen LogP contribution in [0, 0.1) is 5.92 Å². The molecule has 18 heteroatoms. The molecule has 1 aromatic heterocycles. The van der Waals surface area contributed by atoms with Gasteiger partial charge in [-0.05, 0) is 80.0 Å². The molecule has 1 aliphatic carbocycles. The van der Waals surface area contributed by atoms with E-state index in [-0.39, 0.29) is 40.7 Å². The number of aromatic nitrogens is 2. The van der Waals surface area contributed by atoms with Crippen molar-refractivity contribution in [3.05, 3.63) is 83.0 Å². The molecule has 3 saturated heterocycles. The Morgan fingerprint density at radius 1 is 0.889 bits per heavy atom. The number of piperidine rings is 2. The summed E-state index contributed by atoms with van der Waals surface area (Å²) in [6, 6.07) is 19.6. The number of sulfonamides is 1. The number of ether oxygens (including phenoxy) is 2. The van der Waals surface area contributed by atoms with E-state index in [0.29, 0.717) is 85.0 Å². The average molecular weight is 898 g/mol. The third kappa shape index (κ3) is 9.22. The van der Waals surface area contributed by atoms with E-state index in [0.717, 1.165) is 68.9 Å². The molecule has 4 fully saturated rings. The minimum atomic E-state index is -3.47. The highest BCUT2D eigenvalue weighted by Crippen LogP contribution is 2.40. The van der Waals surface area contributed by atoms with Crippen molar-refractivity contribution in [1.29, 1.82) is 0 Å². The van der Waals surface area contributed by atoms with Gasteiger partial charge in [0.25, 0.3) is 0 Å². The van der Waals surface area contributed by atoms with Crippen LogP contribution in [0.25, 0.3) is 0 Å². The van der Waals surface area contributed by atoms with Crippen LogP contribution in [0.5, 0.6) is 11.5 Å². The van der Waals surface area contributed by atoms with E-state index in [4.69, 9.17) is 21.1 Å². The molecule has 0 bridgehead atoms. The van der Waals surface area contributed by atoms with E-state index in [1.165, 1.54) is 16.8 Å². The number of methoxy groups -OCH3 is 1. The minimum Gasteiger partial charge on any atom is -0.494 e. The van der Waals surface area contributed by atoms with Crippen molar-refractivity contribution >= 4 is 73.9 Å². The Morgan fingerprint density at radius 2 is 1.67 bits per heavy atom. The van der Waals surface area contributed by atoms with Crippen molar-refractivity contribution in [2.45, 2.75) is 63.0 Å². The van der Waals surface area contributed by atoms with Gasteiger partial charge in [0.2, 0.25) is 33.7 Å². The molecule has 5 aliphatic rings. The van der Waals surface area contributed by atoms with Crippen molar-refractivity contribution in [3.8, 4) is 11.5 Å². The van der Waals surface area contributed by atoms with E-state index in [9.17, 15) is 22.8 Å². The number of carbonyl (C=O) groups excluding carboxylic acids is 3. The highest BCUT2D eigenvalue weighted by Gasteiger charge is 2.40. The van der Waals surface area contributed by atoms with E-state index in [2.05, 4.69) is 41.8 Å². The first-order valence-electron chi connectivity index (χ1n) is 21.6. The van der Waals surface area contributed by atoms with Gasteiger partial charge in [0.1, 0.15) is 22.6 Å². The molecular formula is C45H52ClN9O7S. The normalized spacial score (nSPS) is 22.0. The second-order valence-corrected chi connectivity index (χ2v) is 19.3. The molecule has 0 spiro atoms. The maximum absolute atomic E-state index is 13.5. The van der Waals surface area contributed by atoms with Crippen LogP contribution >= 0.6 is 11.6 Å². The number of piperazine rings is 1. The Hall–Kier alpha value is -5.65. The van der Waals surface area contributed by atoms with Crippen molar-refractivity contribution < 1.29 is 32.3 Å². The fourth-order valence-corrected chi connectivity index (χ4v) is 10.6. The van der Waals surface area contributed by atoms with E-state index in [1.54, 1.807) is 7.11 Å². The zero-order valence-electron chi connectivity index (χ0n) is 35.4. The topological polar surface area (TPSA) is 179 Å². The summed E-state index contributed by atoms with van der Waals surface area (Å²) in [6.45, 7) is 5.35. The highest BCUT2D eigenvalue weighted by molar-refractivity contribution is 7.92. The molecule has 1 unspecified atom stereocenters. The number of nitrogens with zero attached hydrogens (tertiary/aromatic N) is 6. The third-order valence-corrected chi connectivity index (χ3v) is 14.4. The number of hydrogen-bond acceptors (Lipinski definition) is 13. The summed E-state index contributed by atoms with van der Waals surface area (Å²) < 4.78 is 38.5. The van der Waals surface area contributed by atoms with Crippen LogP contribution in [0.1, 0.15) is 55.6 Å². The third-order valence-electron chi connectivity index (χ3n) is 13.0. The first-order valence-corrected chi connectivity index (χ1v) is 23.8. The van der Waals surface area contributed by atoms with Crippen LogP contribution in [-0.2, 0) is 30.8 Å².